The van der Waals surface area contributed by atoms with Gasteiger partial charge in [-0.1, -0.05) is 41.9 Å². The number of halogens is 1. The lowest BCUT2D eigenvalue weighted by Crippen LogP contribution is -2.14. The summed E-state index contributed by atoms with van der Waals surface area (Å²) < 4.78 is 5.79. The highest BCUT2D eigenvalue weighted by molar-refractivity contribution is 6.32. The summed E-state index contributed by atoms with van der Waals surface area (Å²) in [6.45, 7) is 0. The smallest absolute Gasteiger partial charge is 0.257 e. The van der Waals surface area contributed by atoms with Gasteiger partial charge < -0.3 is 15.8 Å². The Morgan fingerprint density at radius 3 is 2.64 bits per heavy atom. The van der Waals surface area contributed by atoms with Crippen LogP contribution in [-0.2, 0) is 0 Å². The second-order valence-electron chi connectivity index (χ2n) is 5.96. The van der Waals surface area contributed by atoms with Crippen LogP contribution in [0.2, 0.25) is 5.15 Å². The van der Waals surface area contributed by atoms with Crippen LogP contribution in [0, 0.1) is 0 Å². The van der Waals surface area contributed by atoms with E-state index in [0.717, 1.165) is 5.39 Å². The van der Waals surface area contributed by atoms with E-state index in [1.165, 1.54) is 6.20 Å². The van der Waals surface area contributed by atoms with Crippen LogP contribution in [0.5, 0.6) is 11.6 Å². The summed E-state index contributed by atoms with van der Waals surface area (Å²) in [5.74, 6) is 0.699. The number of nitrogens with zero attached hydrogens (tertiary/aromatic N) is 2. The van der Waals surface area contributed by atoms with E-state index in [9.17, 15) is 4.79 Å². The quantitative estimate of drug-likeness (QED) is 0.483. The second-order valence-corrected chi connectivity index (χ2v) is 6.32. The van der Waals surface area contributed by atoms with Crippen molar-refractivity contribution in [1.29, 1.82) is 0 Å². The van der Waals surface area contributed by atoms with E-state index in [0.29, 0.717) is 28.4 Å². The number of hydrogen-bond donors (Lipinski definition) is 2. The molecule has 0 spiro atoms. The lowest BCUT2D eigenvalue weighted by atomic mass is 10.1. The number of amides is 1. The molecule has 0 fully saturated rings. The molecule has 0 aliphatic heterocycles. The highest BCUT2D eigenvalue weighted by Crippen LogP contribution is 2.27. The van der Waals surface area contributed by atoms with Crippen molar-refractivity contribution in [1.82, 2.24) is 9.97 Å². The Hall–Kier alpha value is -3.64. The zero-order chi connectivity index (χ0) is 19.5. The summed E-state index contributed by atoms with van der Waals surface area (Å²) in [4.78, 5) is 21.3. The van der Waals surface area contributed by atoms with E-state index in [1.807, 2.05) is 42.5 Å². The number of hydrogen-bond acceptors (Lipinski definition) is 5. The number of carbonyl (C=O) groups is 1. The number of para-hydroxylation sites is 2. The van der Waals surface area contributed by atoms with Crippen molar-refractivity contribution >= 4 is 39.8 Å². The molecule has 3 N–H and O–H groups in total. The van der Waals surface area contributed by atoms with Crippen molar-refractivity contribution in [3.05, 3.63) is 83.6 Å². The molecule has 0 aliphatic rings. The summed E-state index contributed by atoms with van der Waals surface area (Å²) in [7, 11) is 0. The number of nitrogen functional groups attached to an aromatic ring is 1. The molecule has 0 saturated carbocycles. The fourth-order valence-electron chi connectivity index (χ4n) is 2.72. The number of nitrogens with two attached hydrogens (primary N) is 1. The Morgan fingerprint density at radius 2 is 1.82 bits per heavy atom. The lowest BCUT2D eigenvalue weighted by Gasteiger charge is -2.11. The van der Waals surface area contributed by atoms with E-state index >= 15 is 0 Å². The van der Waals surface area contributed by atoms with Crippen LogP contribution in [0.1, 0.15) is 10.4 Å². The van der Waals surface area contributed by atoms with E-state index in [2.05, 4.69) is 15.3 Å². The molecule has 0 saturated heterocycles. The summed E-state index contributed by atoms with van der Waals surface area (Å²) in [6, 6.07) is 19.9. The number of carbonyl (C=O) groups excluding carboxylic acids is 1. The maximum atomic E-state index is 12.9. The Balaban J connectivity index is 1.69. The molecule has 2 heterocycles. The lowest BCUT2D eigenvalue weighted by molar-refractivity contribution is 0.102. The highest BCUT2D eigenvalue weighted by atomic mass is 35.5. The standard InChI is InChI=1S/C21H15ClN4O2/c22-20-18(23)16(11-12-24-20)25-21(27)15-8-4-5-13-9-10-17(26-19(13)15)28-14-6-2-1-3-7-14/h1-12H,23H2,(H,24,25,27). The van der Waals surface area contributed by atoms with Gasteiger partial charge in [-0.3, -0.25) is 4.79 Å². The number of ether oxygens (including phenoxy) is 1. The zero-order valence-corrected chi connectivity index (χ0v) is 15.4. The number of rotatable bonds is 4. The number of anilines is 2. The maximum absolute atomic E-state index is 12.9. The number of nitrogens with one attached hydrogen (secondary N) is 1. The Morgan fingerprint density at radius 1 is 1.00 bits per heavy atom. The predicted molar refractivity (Wildman–Crippen MR) is 110 cm³/mol. The maximum Gasteiger partial charge on any atom is 0.257 e. The molecule has 0 bridgehead atoms. The first-order valence-corrected chi connectivity index (χ1v) is 8.83. The van der Waals surface area contributed by atoms with Crippen LogP contribution >= 0.6 is 11.6 Å². The monoisotopic (exact) mass is 390 g/mol. The van der Waals surface area contributed by atoms with Crippen LogP contribution in [0.15, 0.2) is 72.9 Å². The molecule has 0 unspecified atom stereocenters. The van der Waals surface area contributed by atoms with Crippen LogP contribution < -0.4 is 15.8 Å². The normalized spacial score (nSPS) is 10.6. The van der Waals surface area contributed by atoms with Gasteiger partial charge in [-0.05, 0) is 30.3 Å². The molecule has 0 atom stereocenters. The molecule has 1 amide bonds. The molecule has 0 radical (unpaired) electrons. The third-order valence-corrected chi connectivity index (χ3v) is 4.40. The van der Waals surface area contributed by atoms with Gasteiger partial charge in [-0.15, -0.1) is 0 Å². The largest absolute Gasteiger partial charge is 0.439 e. The molecule has 0 aliphatic carbocycles. The number of benzene rings is 2. The van der Waals surface area contributed by atoms with Gasteiger partial charge in [0.25, 0.3) is 5.91 Å². The number of aromatic nitrogens is 2. The van der Waals surface area contributed by atoms with Gasteiger partial charge in [0, 0.05) is 17.6 Å². The Kier molecular flexibility index (Phi) is 4.78. The first-order valence-electron chi connectivity index (χ1n) is 8.46. The minimum Gasteiger partial charge on any atom is -0.439 e. The summed E-state index contributed by atoms with van der Waals surface area (Å²) in [6.07, 6.45) is 1.47. The van der Waals surface area contributed by atoms with Gasteiger partial charge in [-0.2, -0.15) is 0 Å². The summed E-state index contributed by atoms with van der Waals surface area (Å²) >= 11 is 5.92. The van der Waals surface area contributed by atoms with Crippen molar-refractivity contribution in [2.24, 2.45) is 0 Å². The number of pyridine rings is 2. The molecule has 138 valence electrons. The van der Waals surface area contributed by atoms with E-state index in [-0.39, 0.29) is 16.7 Å². The van der Waals surface area contributed by atoms with E-state index in [1.54, 1.807) is 24.3 Å². The third kappa shape index (κ3) is 3.58. The van der Waals surface area contributed by atoms with Crippen LogP contribution in [0.25, 0.3) is 10.9 Å². The minimum atomic E-state index is -0.357. The van der Waals surface area contributed by atoms with Gasteiger partial charge in [0.05, 0.1) is 22.5 Å². The third-order valence-electron chi connectivity index (χ3n) is 4.09. The molecular formula is C21H15ClN4O2. The van der Waals surface area contributed by atoms with E-state index < -0.39 is 0 Å². The van der Waals surface area contributed by atoms with Crippen molar-refractivity contribution in [2.75, 3.05) is 11.1 Å². The van der Waals surface area contributed by atoms with Crippen molar-refractivity contribution in [2.45, 2.75) is 0 Å². The zero-order valence-electron chi connectivity index (χ0n) is 14.6. The first kappa shape index (κ1) is 17.8. The van der Waals surface area contributed by atoms with Crippen LogP contribution in [-0.4, -0.2) is 15.9 Å². The van der Waals surface area contributed by atoms with Crippen molar-refractivity contribution < 1.29 is 9.53 Å². The summed E-state index contributed by atoms with van der Waals surface area (Å²) in [5.41, 5.74) is 7.39. The number of fused-ring (bicyclic) bond motifs is 1. The highest BCUT2D eigenvalue weighted by Gasteiger charge is 2.15. The molecule has 6 nitrogen and oxygen atoms in total. The molecule has 7 heteroatoms. The molecular weight excluding hydrogens is 376 g/mol. The Bertz CT molecular complexity index is 1170. The molecule has 28 heavy (non-hydrogen) atoms. The Labute approximate surface area is 165 Å². The molecule has 4 rings (SSSR count). The first-order chi connectivity index (χ1) is 13.6. The SMILES string of the molecule is Nc1c(NC(=O)c2cccc3ccc(Oc4ccccc4)nc23)ccnc1Cl. The minimum absolute atomic E-state index is 0.132. The van der Waals surface area contributed by atoms with Crippen molar-refractivity contribution in [3.63, 3.8) is 0 Å². The van der Waals surface area contributed by atoms with Crippen LogP contribution in [0.3, 0.4) is 0 Å². The fourth-order valence-corrected chi connectivity index (χ4v) is 2.88. The van der Waals surface area contributed by atoms with Gasteiger partial charge in [0.2, 0.25) is 5.88 Å². The predicted octanol–water partition coefficient (Wildman–Crippen LogP) is 4.91. The molecule has 2 aromatic heterocycles. The van der Waals surface area contributed by atoms with Crippen molar-refractivity contribution in [3.8, 4) is 11.6 Å². The van der Waals surface area contributed by atoms with Gasteiger partial charge in [0.15, 0.2) is 5.15 Å². The van der Waals surface area contributed by atoms with Gasteiger partial charge in [0.1, 0.15) is 5.75 Å². The van der Waals surface area contributed by atoms with Gasteiger partial charge >= 0.3 is 0 Å². The average molecular weight is 391 g/mol. The second kappa shape index (κ2) is 7.54. The van der Waals surface area contributed by atoms with E-state index in [4.69, 9.17) is 22.1 Å². The average Bonchev–Trinajstić information content (AvgIpc) is 2.71. The van der Waals surface area contributed by atoms with Gasteiger partial charge in [-0.25, -0.2) is 9.97 Å². The molecule has 4 aromatic rings. The summed E-state index contributed by atoms with van der Waals surface area (Å²) in [5, 5.41) is 3.70. The fraction of sp³-hybridized carbons (Fsp3) is 0. The topological polar surface area (TPSA) is 90.1 Å². The molecule has 2 aromatic carbocycles. The van der Waals surface area contributed by atoms with Crippen LogP contribution in [0.4, 0.5) is 11.4 Å².